The quantitative estimate of drug-likeness (QED) is 0.137. The summed E-state index contributed by atoms with van der Waals surface area (Å²) in [6, 6.07) is 23.1. The Morgan fingerprint density at radius 1 is 1.00 bits per heavy atom. The van der Waals surface area contributed by atoms with Gasteiger partial charge in [0.1, 0.15) is 36.4 Å². The number of nitrogens with zero attached hydrogens (tertiary/aromatic N) is 1. The lowest BCUT2D eigenvalue weighted by atomic mass is 10.1. The van der Waals surface area contributed by atoms with Gasteiger partial charge in [-0.3, -0.25) is 4.79 Å². The maximum absolute atomic E-state index is 13.2. The fourth-order valence-corrected chi connectivity index (χ4v) is 4.68. The van der Waals surface area contributed by atoms with E-state index in [1.54, 1.807) is 66.7 Å². The average molecular weight is 656 g/mol. The number of nitriles is 1. The maximum atomic E-state index is 13.2. The number of hydrogen-bond acceptors (Lipinski definition) is 5. The second-order valence-corrected chi connectivity index (χ2v) is 10.3. The number of hydrogen-bond donors (Lipinski definition) is 1. The van der Waals surface area contributed by atoms with E-state index in [1.165, 1.54) is 25.3 Å². The summed E-state index contributed by atoms with van der Waals surface area (Å²) in [5.74, 6) is 0.478. The molecule has 208 valence electrons. The minimum absolute atomic E-state index is 0.114. The van der Waals surface area contributed by atoms with Crippen molar-refractivity contribution in [3.63, 3.8) is 0 Å². The van der Waals surface area contributed by atoms with Crippen LogP contribution in [0.3, 0.4) is 0 Å². The first-order valence-electron chi connectivity index (χ1n) is 12.1. The van der Waals surface area contributed by atoms with Crippen LogP contribution in [0.4, 0.5) is 10.1 Å². The summed E-state index contributed by atoms with van der Waals surface area (Å²) in [7, 11) is 1.48. The van der Waals surface area contributed by atoms with Gasteiger partial charge in [-0.1, -0.05) is 41.4 Å². The van der Waals surface area contributed by atoms with Gasteiger partial charge in [0, 0.05) is 21.3 Å². The Bertz CT molecular complexity index is 1620. The summed E-state index contributed by atoms with van der Waals surface area (Å²) >= 11 is 15.6. The summed E-state index contributed by atoms with van der Waals surface area (Å²) in [5, 5.41) is 13.4. The van der Waals surface area contributed by atoms with Crippen LogP contribution in [0.25, 0.3) is 6.08 Å². The van der Waals surface area contributed by atoms with E-state index in [2.05, 4.69) is 21.2 Å². The predicted molar refractivity (Wildman–Crippen MR) is 161 cm³/mol. The zero-order chi connectivity index (χ0) is 29.4. The van der Waals surface area contributed by atoms with Crippen molar-refractivity contribution in [3.8, 4) is 23.3 Å². The highest BCUT2D eigenvalue weighted by Gasteiger charge is 2.15. The topological polar surface area (TPSA) is 80.6 Å². The van der Waals surface area contributed by atoms with Crippen molar-refractivity contribution in [2.75, 3.05) is 12.4 Å². The molecule has 0 spiro atoms. The van der Waals surface area contributed by atoms with E-state index < -0.39 is 5.91 Å². The summed E-state index contributed by atoms with van der Waals surface area (Å²) in [6.07, 6.45) is 1.44. The van der Waals surface area contributed by atoms with Crippen LogP contribution in [-0.2, 0) is 18.0 Å². The number of carbonyl (C=O) groups is 1. The van der Waals surface area contributed by atoms with E-state index in [1.807, 2.05) is 6.07 Å². The van der Waals surface area contributed by atoms with Gasteiger partial charge in [-0.15, -0.1) is 0 Å². The molecular weight excluding hydrogens is 634 g/mol. The lowest BCUT2D eigenvalue weighted by Gasteiger charge is -2.14. The van der Waals surface area contributed by atoms with Crippen LogP contribution >= 0.6 is 39.1 Å². The molecule has 0 bridgehead atoms. The standard InChI is InChI=1S/C31H22BrCl2FN2O4/c1-39-29-14-20(13-27(32)30(29)41-17-19-2-6-24(35)7-3-19)12-22(16-36)31(38)37-25-8-10-26(11-9-25)40-18-21-4-5-23(33)15-28(21)34/h2-15H,17-18H2,1H3,(H,37,38)/b22-12+. The van der Waals surface area contributed by atoms with E-state index in [4.69, 9.17) is 37.4 Å². The first kappa shape index (κ1) is 29.9. The SMILES string of the molecule is COc1cc(/C=C(\C#N)C(=O)Nc2ccc(OCc3ccc(Cl)cc3Cl)cc2)cc(Br)c1OCc1ccc(F)cc1. The zero-order valence-electron chi connectivity index (χ0n) is 21.6. The lowest BCUT2D eigenvalue weighted by molar-refractivity contribution is -0.112. The summed E-state index contributed by atoms with van der Waals surface area (Å²) in [6.45, 7) is 0.438. The first-order valence-corrected chi connectivity index (χ1v) is 13.7. The number of methoxy groups -OCH3 is 1. The Kier molecular flexibility index (Phi) is 10.3. The third kappa shape index (κ3) is 8.24. The van der Waals surface area contributed by atoms with Crippen molar-refractivity contribution in [3.05, 3.63) is 121 Å². The third-order valence-corrected chi connectivity index (χ3v) is 6.92. The molecule has 0 aliphatic carbocycles. The monoisotopic (exact) mass is 654 g/mol. The average Bonchev–Trinajstić information content (AvgIpc) is 2.96. The number of anilines is 1. The summed E-state index contributed by atoms with van der Waals surface area (Å²) < 4.78 is 30.8. The molecule has 0 saturated heterocycles. The Morgan fingerprint density at radius 3 is 2.39 bits per heavy atom. The van der Waals surface area contributed by atoms with Gasteiger partial charge in [-0.05, 0) is 93.8 Å². The van der Waals surface area contributed by atoms with Crippen molar-refractivity contribution >= 4 is 56.8 Å². The maximum Gasteiger partial charge on any atom is 0.266 e. The molecule has 41 heavy (non-hydrogen) atoms. The van der Waals surface area contributed by atoms with Crippen LogP contribution < -0.4 is 19.5 Å². The van der Waals surface area contributed by atoms with Crippen LogP contribution in [0, 0.1) is 17.1 Å². The zero-order valence-corrected chi connectivity index (χ0v) is 24.7. The summed E-state index contributed by atoms with van der Waals surface area (Å²) in [4.78, 5) is 12.8. The van der Waals surface area contributed by atoms with Crippen LogP contribution in [-0.4, -0.2) is 13.0 Å². The molecule has 6 nitrogen and oxygen atoms in total. The van der Waals surface area contributed by atoms with Gasteiger partial charge >= 0.3 is 0 Å². The number of amides is 1. The van der Waals surface area contributed by atoms with Gasteiger partial charge in [-0.25, -0.2) is 4.39 Å². The Morgan fingerprint density at radius 2 is 1.73 bits per heavy atom. The van der Waals surface area contributed by atoms with Crippen molar-refractivity contribution in [1.29, 1.82) is 5.26 Å². The molecule has 0 atom stereocenters. The predicted octanol–water partition coefficient (Wildman–Crippen LogP) is 8.61. The highest BCUT2D eigenvalue weighted by atomic mass is 79.9. The van der Waals surface area contributed by atoms with Crippen LogP contribution in [0.15, 0.2) is 88.9 Å². The fraction of sp³-hybridized carbons (Fsp3) is 0.0968. The van der Waals surface area contributed by atoms with Crippen molar-refractivity contribution < 1.29 is 23.4 Å². The normalized spacial score (nSPS) is 11.0. The number of rotatable bonds is 10. The molecule has 0 aliphatic rings. The number of carbonyl (C=O) groups excluding carboxylic acids is 1. The van der Waals surface area contributed by atoms with Gasteiger partial charge in [0.15, 0.2) is 11.5 Å². The number of halogens is 4. The molecule has 0 radical (unpaired) electrons. The fourth-order valence-electron chi connectivity index (χ4n) is 3.65. The Hall–Kier alpha value is -4.03. The largest absolute Gasteiger partial charge is 0.493 e. The highest BCUT2D eigenvalue weighted by Crippen LogP contribution is 2.38. The van der Waals surface area contributed by atoms with Crippen molar-refractivity contribution in [2.24, 2.45) is 0 Å². The van der Waals surface area contributed by atoms with E-state index in [-0.39, 0.29) is 24.6 Å². The molecule has 1 amide bonds. The van der Waals surface area contributed by atoms with E-state index in [9.17, 15) is 14.4 Å². The number of nitrogens with one attached hydrogen (secondary N) is 1. The van der Waals surface area contributed by atoms with E-state index in [0.717, 1.165) is 11.1 Å². The molecule has 0 unspecified atom stereocenters. The van der Waals surface area contributed by atoms with Gasteiger partial charge in [0.25, 0.3) is 5.91 Å². The molecule has 0 aromatic heterocycles. The second-order valence-electron chi connectivity index (χ2n) is 8.62. The van der Waals surface area contributed by atoms with Crippen molar-refractivity contribution in [2.45, 2.75) is 13.2 Å². The Balaban J connectivity index is 1.41. The van der Waals surface area contributed by atoms with E-state index in [0.29, 0.717) is 43.0 Å². The molecule has 0 aliphatic heterocycles. The minimum Gasteiger partial charge on any atom is -0.493 e. The van der Waals surface area contributed by atoms with Gasteiger partial charge < -0.3 is 19.5 Å². The minimum atomic E-state index is -0.583. The third-order valence-electron chi connectivity index (χ3n) is 5.75. The molecule has 0 saturated carbocycles. The number of benzene rings is 4. The second kappa shape index (κ2) is 14.0. The number of ether oxygens (including phenoxy) is 3. The van der Waals surface area contributed by atoms with Crippen molar-refractivity contribution in [1.82, 2.24) is 0 Å². The molecule has 1 N–H and O–H groups in total. The van der Waals surface area contributed by atoms with Crippen LogP contribution in [0.2, 0.25) is 10.0 Å². The molecular formula is C31H22BrCl2FN2O4. The summed E-state index contributed by atoms with van der Waals surface area (Å²) in [5.41, 5.74) is 2.47. The van der Waals surface area contributed by atoms with Gasteiger partial charge in [0.2, 0.25) is 0 Å². The lowest BCUT2D eigenvalue weighted by Crippen LogP contribution is -2.13. The van der Waals surface area contributed by atoms with Gasteiger partial charge in [-0.2, -0.15) is 5.26 Å². The highest BCUT2D eigenvalue weighted by molar-refractivity contribution is 9.10. The van der Waals surface area contributed by atoms with Crippen LogP contribution in [0.5, 0.6) is 17.2 Å². The smallest absolute Gasteiger partial charge is 0.266 e. The molecule has 0 fully saturated rings. The van der Waals surface area contributed by atoms with Crippen LogP contribution in [0.1, 0.15) is 16.7 Å². The van der Waals surface area contributed by atoms with E-state index >= 15 is 0 Å². The first-order chi connectivity index (χ1) is 19.7. The molecule has 10 heteroatoms. The molecule has 4 aromatic rings. The molecule has 0 heterocycles. The van der Waals surface area contributed by atoms with Gasteiger partial charge in [0.05, 0.1) is 11.6 Å². The molecule has 4 aromatic carbocycles. The molecule has 4 rings (SSSR count). The Labute approximate surface area is 255 Å².